The van der Waals surface area contributed by atoms with Gasteiger partial charge in [0.25, 0.3) is 0 Å². The van der Waals surface area contributed by atoms with Crippen LogP contribution in [0, 0.1) is 0 Å². The third-order valence-corrected chi connectivity index (χ3v) is 5.20. The molecule has 29 heavy (non-hydrogen) atoms. The average molecular weight is 411 g/mol. The van der Waals surface area contributed by atoms with Gasteiger partial charge in [0, 0.05) is 51.1 Å². The lowest BCUT2D eigenvalue weighted by Gasteiger charge is -2.21. The molecule has 1 heterocycles. The molecule has 0 aliphatic rings. The van der Waals surface area contributed by atoms with Crippen LogP contribution in [-0.4, -0.2) is 42.1 Å². The minimum atomic E-state index is 0.00846. The number of benzene rings is 2. The third kappa shape index (κ3) is 6.96. The van der Waals surface area contributed by atoms with Crippen molar-refractivity contribution in [1.29, 1.82) is 0 Å². The van der Waals surface area contributed by atoms with Gasteiger partial charge in [-0.3, -0.25) is 4.79 Å². The van der Waals surface area contributed by atoms with E-state index in [4.69, 9.17) is 9.72 Å². The van der Waals surface area contributed by atoms with Gasteiger partial charge < -0.3 is 15.0 Å². The van der Waals surface area contributed by atoms with Crippen LogP contribution >= 0.6 is 11.5 Å². The second-order valence-corrected chi connectivity index (χ2v) is 7.39. The number of methoxy groups -OCH3 is 1. The lowest BCUT2D eigenvalue weighted by molar-refractivity contribution is -0.121. The molecule has 1 N–H and O–H groups in total. The van der Waals surface area contributed by atoms with Crippen LogP contribution in [0.25, 0.3) is 0 Å². The summed E-state index contributed by atoms with van der Waals surface area (Å²) in [5.74, 6) is 0.813. The molecule has 2 aromatic carbocycles. The summed E-state index contributed by atoms with van der Waals surface area (Å²) in [6.45, 7) is 2.30. The minimum absolute atomic E-state index is 0.00846. The third-order valence-electron chi connectivity index (χ3n) is 4.39. The first-order valence-electron chi connectivity index (χ1n) is 9.65. The molecule has 0 spiro atoms. The van der Waals surface area contributed by atoms with Crippen molar-refractivity contribution < 1.29 is 9.53 Å². The highest BCUT2D eigenvalue weighted by molar-refractivity contribution is 7.09. The number of hydrogen-bond donors (Lipinski definition) is 1. The van der Waals surface area contributed by atoms with Gasteiger partial charge in [0.1, 0.15) is 5.82 Å². The van der Waals surface area contributed by atoms with Crippen LogP contribution in [0.15, 0.2) is 60.7 Å². The van der Waals surface area contributed by atoms with Crippen molar-refractivity contribution in [1.82, 2.24) is 14.7 Å². The molecule has 1 amide bonds. The Morgan fingerprint density at radius 3 is 2.45 bits per heavy atom. The predicted octanol–water partition coefficient (Wildman–Crippen LogP) is 3.29. The Bertz CT molecular complexity index is 871. The van der Waals surface area contributed by atoms with Crippen molar-refractivity contribution in [2.75, 3.05) is 31.7 Å². The van der Waals surface area contributed by atoms with Gasteiger partial charge in [0.05, 0.1) is 6.61 Å². The number of nitrogens with zero attached hydrogens (tertiary/aromatic N) is 3. The van der Waals surface area contributed by atoms with Gasteiger partial charge in [-0.15, -0.1) is 0 Å². The van der Waals surface area contributed by atoms with Crippen molar-refractivity contribution >= 4 is 22.6 Å². The molecule has 0 fully saturated rings. The van der Waals surface area contributed by atoms with E-state index in [-0.39, 0.29) is 5.91 Å². The summed E-state index contributed by atoms with van der Waals surface area (Å²) in [6, 6.07) is 20.4. The average Bonchev–Trinajstić information content (AvgIpc) is 3.21. The van der Waals surface area contributed by atoms with Crippen LogP contribution < -0.4 is 10.2 Å². The molecule has 0 radical (unpaired) electrons. The fraction of sp³-hybridized carbons (Fsp3) is 0.318. The summed E-state index contributed by atoms with van der Waals surface area (Å²) in [5, 5.41) is 3.71. The summed E-state index contributed by atoms with van der Waals surface area (Å²) in [7, 11) is 1.62. The topological polar surface area (TPSA) is 67.3 Å². The molecule has 0 unspecified atom stereocenters. The van der Waals surface area contributed by atoms with E-state index in [2.05, 4.69) is 38.9 Å². The first-order chi connectivity index (χ1) is 14.2. The second kappa shape index (κ2) is 11.3. The number of nitrogens with one attached hydrogen (secondary N) is 1. The molecule has 7 heteroatoms. The smallest absolute Gasteiger partial charge is 0.221 e. The maximum Gasteiger partial charge on any atom is 0.221 e. The van der Waals surface area contributed by atoms with Crippen molar-refractivity contribution in [3.05, 3.63) is 77.6 Å². The highest BCUT2D eigenvalue weighted by Gasteiger charge is 2.15. The quantitative estimate of drug-likeness (QED) is 0.492. The normalized spacial score (nSPS) is 10.7. The van der Waals surface area contributed by atoms with Crippen LogP contribution in [0.2, 0.25) is 0 Å². The van der Waals surface area contributed by atoms with E-state index in [1.165, 1.54) is 22.7 Å². The van der Waals surface area contributed by atoms with E-state index < -0.39 is 0 Å². The predicted molar refractivity (Wildman–Crippen MR) is 116 cm³/mol. The molecule has 0 saturated carbocycles. The van der Waals surface area contributed by atoms with Gasteiger partial charge in [-0.05, 0) is 11.1 Å². The standard InChI is InChI=1S/C22H26N4O2S/c1-28-15-13-23-21(27)12-14-26(17-19-10-6-3-7-11-19)22-24-20(25-29-22)16-18-8-4-2-5-9-18/h2-11H,12-17H2,1H3,(H,23,27). The van der Waals surface area contributed by atoms with Crippen molar-refractivity contribution in [2.45, 2.75) is 19.4 Å². The fourth-order valence-corrected chi connectivity index (χ4v) is 3.60. The Morgan fingerprint density at radius 1 is 1.07 bits per heavy atom. The Morgan fingerprint density at radius 2 is 1.76 bits per heavy atom. The molecule has 6 nitrogen and oxygen atoms in total. The second-order valence-electron chi connectivity index (χ2n) is 6.66. The molecular weight excluding hydrogens is 384 g/mol. The molecule has 0 aliphatic carbocycles. The number of ether oxygens (including phenoxy) is 1. The number of rotatable bonds is 11. The summed E-state index contributed by atoms with van der Waals surface area (Å²) in [5.41, 5.74) is 2.36. The van der Waals surface area contributed by atoms with E-state index in [1.807, 2.05) is 36.4 Å². The Balaban J connectivity index is 1.66. The Hall–Kier alpha value is -2.77. The van der Waals surface area contributed by atoms with Gasteiger partial charge in [-0.1, -0.05) is 60.7 Å². The van der Waals surface area contributed by atoms with E-state index in [0.717, 1.165) is 11.0 Å². The van der Waals surface area contributed by atoms with Gasteiger partial charge in [-0.25, -0.2) is 4.98 Å². The van der Waals surface area contributed by atoms with Crippen molar-refractivity contribution in [2.24, 2.45) is 0 Å². The van der Waals surface area contributed by atoms with Crippen molar-refractivity contribution in [3.8, 4) is 0 Å². The lowest BCUT2D eigenvalue weighted by Crippen LogP contribution is -2.32. The number of hydrogen-bond acceptors (Lipinski definition) is 6. The minimum Gasteiger partial charge on any atom is -0.383 e. The summed E-state index contributed by atoms with van der Waals surface area (Å²) in [4.78, 5) is 19.0. The summed E-state index contributed by atoms with van der Waals surface area (Å²) >= 11 is 1.38. The van der Waals surface area contributed by atoms with Crippen LogP contribution in [0.3, 0.4) is 0 Å². The van der Waals surface area contributed by atoms with Crippen LogP contribution in [0.5, 0.6) is 0 Å². The van der Waals surface area contributed by atoms with Gasteiger partial charge >= 0.3 is 0 Å². The van der Waals surface area contributed by atoms with Gasteiger partial charge in [0.15, 0.2) is 0 Å². The molecule has 0 saturated heterocycles. The number of carbonyl (C=O) groups is 1. The molecule has 0 atom stereocenters. The molecule has 3 rings (SSSR count). The maximum atomic E-state index is 12.1. The zero-order chi connectivity index (χ0) is 20.3. The van der Waals surface area contributed by atoms with Crippen LogP contribution in [0.1, 0.15) is 23.4 Å². The zero-order valence-electron chi connectivity index (χ0n) is 16.6. The number of aromatic nitrogens is 2. The molecule has 0 aliphatic heterocycles. The molecule has 1 aromatic heterocycles. The summed E-state index contributed by atoms with van der Waals surface area (Å²) < 4.78 is 9.51. The highest BCUT2D eigenvalue weighted by Crippen LogP contribution is 2.21. The maximum absolute atomic E-state index is 12.1. The Kier molecular flexibility index (Phi) is 8.15. The monoisotopic (exact) mass is 410 g/mol. The first-order valence-corrected chi connectivity index (χ1v) is 10.4. The van der Waals surface area contributed by atoms with E-state index in [9.17, 15) is 4.79 Å². The van der Waals surface area contributed by atoms with Gasteiger partial charge in [-0.2, -0.15) is 4.37 Å². The number of carbonyl (C=O) groups excluding carboxylic acids is 1. The highest BCUT2D eigenvalue weighted by atomic mass is 32.1. The van der Waals surface area contributed by atoms with Crippen LogP contribution in [-0.2, 0) is 22.5 Å². The largest absolute Gasteiger partial charge is 0.383 e. The SMILES string of the molecule is COCCNC(=O)CCN(Cc1ccccc1)c1nc(Cc2ccccc2)ns1. The van der Waals surface area contributed by atoms with Crippen LogP contribution in [0.4, 0.5) is 5.13 Å². The van der Waals surface area contributed by atoms with Crippen molar-refractivity contribution in [3.63, 3.8) is 0 Å². The number of amides is 1. The number of anilines is 1. The summed E-state index contributed by atoms with van der Waals surface area (Å²) in [6.07, 6.45) is 1.10. The molecular formula is C22H26N4O2S. The first kappa shape index (κ1) is 21.0. The van der Waals surface area contributed by atoms with E-state index in [1.54, 1.807) is 7.11 Å². The molecule has 0 bridgehead atoms. The van der Waals surface area contributed by atoms with E-state index >= 15 is 0 Å². The van der Waals surface area contributed by atoms with E-state index in [0.29, 0.717) is 39.1 Å². The molecule has 3 aromatic rings. The zero-order valence-corrected chi connectivity index (χ0v) is 17.4. The fourth-order valence-electron chi connectivity index (χ4n) is 2.89. The lowest BCUT2D eigenvalue weighted by atomic mass is 10.1. The Labute approximate surface area is 175 Å². The molecule has 152 valence electrons. The van der Waals surface area contributed by atoms with Gasteiger partial charge in [0.2, 0.25) is 11.0 Å².